The maximum absolute atomic E-state index is 12.3. The third-order valence-corrected chi connectivity index (χ3v) is 4.92. The Morgan fingerprint density at radius 1 is 1.13 bits per heavy atom. The highest BCUT2D eigenvalue weighted by molar-refractivity contribution is 5.77. The summed E-state index contributed by atoms with van der Waals surface area (Å²) in [6.45, 7) is 12.2. The number of amides is 1. The van der Waals surface area contributed by atoms with Gasteiger partial charge in [0.15, 0.2) is 0 Å². The van der Waals surface area contributed by atoms with Crippen molar-refractivity contribution in [1.82, 2.24) is 4.90 Å². The van der Waals surface area contributed by atoms with E-state index in [4.69, 9.17) is 14.2 Å². The molecule has 3 atom stereocenters. The molecule has 0 saturated carbocycles. The highest BCUT2D eigenvalue weighted by atomic mass is 16.5. The van der Waals surface area contributed by atoms with E-state index in [0.717, 1.165) is 19.4 Å². The molecule has 3 unspecified atom stereocenters. The lowest BCUT2D eigenvalue weighted by molar-refractivity contribution is -0.146. The predicted molar refractivity (Wildman–Crippen MR) is 89.3 cm³/mol. The fraction of sp³-hybridized carbons (Fsp3) is 0.944. The van der Waals surface area contributed by atoms with Crippen molar-refractivity contribution in [2.24, 2.45) is 17.8 Å². The predicted octanol–water partition coefficient (Wildman–Crippen LogP) is 2.34. The van der Waals surface area contributed by atoms with Crippen LogP contribution in [0.4, 0.5) is 0 Å². The van der Waals surface area contributed by atoms with Gasteiger partial charge in [-0.2, -0.15) is 0 Å². The molecule has 0 aliphatic carbocycles. The fourth-order valence-corrected chi connectivity index (χ4v) is 3.19. The Labute approximate surface area is 140 Å². The first kappa shape index (κ1) is 18.7. The van der Waals surface area contributed by atoms with Gasteiger partial charge in [-0.1, -0.05) is 27.7 Å². The molecule has 2 heterocycles. The Morgan fingerprint density at radius 2 is 1.87 bits per heavy atom. The van der Waals surface area contributed by atoms with E-state index in [1.54, 1.807) is 0 Å². The first-order valence-corrected chi connectivity index (χ1v) is 9.06. The summed E-state index contributed by atoms with van der Waals surface area (Å²) in [7, 11) is 0. The van der Waals surface area contributed by atoms with Crippen molar-refractivity contribution in [3.63, 3.8) is 0 Å². The lowest BCUT2D eigenvalue weighted by Crippen LogP contribution is -2.48. The summed E-state index contributed by atoms with van der Waals surface area (Å²) in [6, 6.07) is 0. The lowest BCUT2D eigenvalue weighted by atomic mass is 9.93. The average Bonchev–Trinajstić information content (AvgIpc) is 2.55. The van der Waals surface area contributed by atoms with Crippen molar-refractivity contribution < 1.29 is 19.0 Å². The van der Waals surface area contributed by atoms with Gasteiger partial charge in [0.2, 0.25) is 5.91 Å². The lowest BCUT2D eigenvalue weighted by Gasteiger charge is -2.35. The van der Waals surface area contributed by atoms with Gasteiger partial charge in [0, 0.05) is 19.0 Å². The van der Waals surface area contributed by atoms with Crippen molar-refractivity contribution >= 4 is 5.91 Å². The molecule has 1 amide bonds. The molecule has 0 radical (unpaired) electrons. The molecule has 0 spiro atoms. The van der Waals surface area contributed by atoms with E-state index in [9.17, 15) is 4.79 Å². The van der Waals surface area contributed by atoms with Crippen LogP contribution in [0, 0.1) is 17.8 Å². The monoisotopic (exact) mass is 327 g/mol. The molecule has 134 valence electrons. The molecule has 2 saturated heterocycles. The van der Waals surface area contributed by atoms with E-state index in [-0.39, 0.29) is 18.6 Å². The number of ether oxygens (including phenoxy) is 3. The minimum Gasteiger partial charge on any atom is -0.378 e. The van der Waals surface area contributed by atoms with Gasteiger partial charge >= 0.3 is 0 Å². The normalized spacial score (nSPS) is 29.3. The molecule has 2 aliphatic heterocycles. The SMILES string of the molecule is CC(C)C1CCC(COCC(=O)N2CCOC(C(C)C)C2)CO1. The Kier molecular flexibility index (Phi) is 7.31. The van der Waals surface area contributed by atoms with Gasteiger partial charge in [-0.3, -0.25) is 4.79 Å². The van der Waals surface area contributed by atoms with Crippen LogP contribution in [-0.2, 0) is 19.0 Å². The zero-order valence-corrected chi connectivity index (χ0v) is 15.1. The van der Waals surface area contributed by atoms with Gasteiger partial charge in [0.1, 0.15) is 6.61 Å². The highest BCUT2D eigenvalue weighted by Crippen LogP contribution is 2.23. The zero-order chi connectivity index (χ0) is 16.8. The van der Waals surface area contributed by atoms with Crippen LogP contribution in [0.3, 0.4) is 0 Å². The summed E-state index contributed by atoms with van der Waals surface area (Å²) >= 11 is 0. The largest absolute Gasteiger partial charge is 0.378 e. The van der Waals surface area contributed by atoms with E-state index in [1.807, 2.05) is 4.90 Å². The number of carbonyl (C=O) groups excluding carboxylic acids is 1. The maximum atomic E-state index is 12.3. The third kappa shape index (κ3) is 5.73. The summed E-state index contributed by atoms with van der Waals surface area (Å²) in [4.78, 5) is 14.1. The van der Waals surface area contributed by atoms with Crippen LogP contribution in [0.5, 0.6) is 0 Å². The molecular weight excluding hydrogens is 294 g/mol. The fourth-order valence-electron chi connectivity index (χ4n) is 3.19. The topological polar surface area (TPSA) is 48.0 Å². The quantitative estimate of drug-likeness (QED) is 0.751. The highest BCUT2D eigenvalue weighted by Gasteiger charge is 2.27. The van der Waals surface area contributed by atoms with Crippen molar-refractivity contribution in [3.8, 4) is 0 Å². The molecule has 0 bridgehead atoms. The van der Waals surface area contributed by atoms with E-state index >= 15 is 0 Å². The summed E-state index contributed by atoms with van der Waals surface area (Å²) < 4.78 is 17.2. The number of morpholine rings is 1. The molecule has 0 aromatic carbocycles. The Bertz CT molecular complexity index is 364. The standard InChI is InChI=1S/C18H33NO4/c1-13(2)16-6-5-15(11-23-16)10-21-12-18(20)19-7-8-22-17(9-19)14(3)4/h13-17H,5-12H2,1-4H3. The molecule has 5 heteroatoms. The molecule has 2 fully saturated rings. The van der Waals surface area contributed by atoms with Crippen molar-refractivity contribution in [2.45, 2.75) is 52.7 Å². The molecule has 0 N–H and O–H groups in total. The van der Waals surface area contributed by atoms with Crippen LogP contribution in [0.25, 0.3) is 0 Å². The molecule has 2 aliphatic rings. The number of nitrogens with zero attached hydrogens (tertiary/aromatic N) is 1. The van der Waals surface area contributed by atoms with E-state index in [1.165, 1.54) is 0 Å². The van der Waals surface area contributed by atoms with E-state index in [2.05, 4.69) is 27.7 Å². The second-order valence-corrected chi connectivity index (χ2v) is 7.57. The van der Waals surface area contributed by atoms with Gasteiger partial charge in [0.25, 0.3) is 0 Å². The van der Waals surface area contributed by atoms with Crippen LogP contribution in [0.2, 0.25) is 0 Å². The van der Waals surface area contributed by atoms with Gasteiger partial charge in [0.05, 0.1) is 32.0 Å². The van der Waals surface area contributed by atoms with Crippen LogP contribution < -0.4 is 0 Å². The number of carbonyl (C=O) groups is 1. The first-order valence-electron chi connectivity index (χ1n) is 9.06. The van der Waals surface area contributed by atoms with Crippen molar-refractivity contribution in [3.05, 3.63) is 0 Å². The summed E-state index contributed by atoms with van der Waals surface area (Å²) in [5, 5.41) is 0. The van der Waals surface area contributed by atoms with Crippen molar-refractivity contribution in [1.29, 1.82) is 0 Å². The summed E-state index contributed by atoms with van der Waals surface area (Å²) in [5.41, 5.74) is 0. The Morgan fingerprint density at radius 3 is 2.48 bits per heavy atom. The Hall–Kier alpha value is -0.650. The van der Waals surface area contributed by atoms with Gasteiger partial charge in [-0.15, -0.1) is 0 Å². The molecule has 23 heavy (non-hydrogen) atoms. The molecule has 2 rings (SSSR count). The van der Waals surface area contributed by atoms with Crippen LogP contribution in [-0.4, -0.2) is 62.5 Å². The average molecular weight is 327 g/mol. The molecule has 0 aromatic rings. The molecule has 5 nitrogen and oxygen atoms in total. The number of hydrogen-bond donors (Lipinski definition) is 0. The minimum atomic E-state index is 0.0794. The second kappa shape index (κ2) is 9.00. The smallest absolute Gasteiger partial charge is 0.248 e. The van der Waals surface area contributed by atoms with Crippen LogP contribution >= 0.6 is 0 Å². The van der Waals surface area contributed by atoms with Crippen molar-refractivity contribution in [2.75, 3.05) is 39.5 Å². The minimum absolute atomic E-state index is 0.0794. The summed E-state index contributed by atoms with van der Waals surface area (Å²) in [6.07, 6.45) is 2.75. The summed E-state index contributed by atoms with van der Waals surface area (Å²) in [5.74, 6) is 1.51. The number of hydrogen-bond acceptors (Lipinski definition) is 4. The molecular formula is C18H33NO4. The maximum Gasteiger partial charge on any atom is 0.248 e. The second-order valence-electron chi connectivity index (χ2n) is 7.57. The van der Waals surface area contributed by atoms with Gasteiger partial charge < -0.3 is 19.1 Å². The molecule has 0 aromatic heterocycles. The van der Waals surface area contributed by atoms with E-state index in [0.29, 0.717) is 50.2 Å². The van der Waals surface area contributed by atoms with E-state index < -0.39 is 0 Å². The van der Waals surface area contributed by atoms with Crippen LogP contribution in [0.15, 0.2) is 0 Å². The van der Waals surface area contributed by atoms with Gasteiger partial charge in [-0.05, 0) is 24.7 Å². The van der Waals surface area contributed by atoms with Gasteiger partial charge in [-0.25, -0.2) is 0 Å². The Balaban J connectivity index is 1.63. The zero-order valence-electron chi connectivity index (χ0n) is 15.1. The first-order chi connectivity index (χ1) is 11.0. The van der Waals surface area contributed by atoms with Crippen LogP contribution in [0.1, 0.15) is 40.5 Å². The third-order valence-electron chi connectivity index (χ3n) is 4.92. The number of rotatable bonds is 6.